The molecule has 1 aromatic heterocycles. The normalized spacial score (nSPS) is 13.9. The predicted molar refractivity (Wildman–Crippen MR) is 71.7 cm³/mol. The van der Waals surface area contributed by atoms with Crippen molar-refractivity contribution in [2.24, 2.45) is 0 Å². The quantitative estimate of drug-likeness (QED) is 0.755. The van der Waals surface area contributed by atoms with E-state index >= 15 is 0 Å². The first-order valence-electron chi connectivity index (χ1n) is 6.37. The summed E-state index contributed by atoms with van der Waals surface area (Å²) in [4.78, 5) is 36.4. The number of rotatable bonds is 1. The number of carbonyl (C=O) groups excluding carboxylic acids is 1. The van der Waals surface area contributed by atoms with Gasteiger partial charge in [0.05, 0.1) is 11.4 Å². The highest BCUT2D eigenvalue weighted by Gasteiger charge is 2.33. The Balaban J connectivity index is 2.20. The number of hydrogen-bond acceptors (Lipinski definition) is 4. The number of hydrogen-bond donors (Lipinski definition) is 2. The standard InChI is InChI=1S/C13H7F4N3O4/c14-5-1-8-6(18-10(21)4-24-8)2-7(5)20-11(22)3-9(13(15,16)17)19-12(20)23/h1-3H,4H2,(H,18,21)(H,19,23). The van der Waals surface area contributed by atoms with Crippen LogP contribution >= 0.6 is 0 Å². The second-order valence-electron chi connectivity index (χ2n) is 4.80. The van der Waals surface area contributed by atoms with Crippen LogP contribution in [0.25, 0.3) is 5.69 Å². The Morgan fingerprint density at radius 3 is 2.46 bits per heavy atom. The third kappa shape index (κ3) is 2.64. The first-order valence-corrected chi connectivity index (χ1v) is 6.37. The Morgan fingerprint density at radius 1 is 1.12 bits per heavy atom. The highest BCUT2D eigenvalue weighted by Crippen LogP contribution is 2.31. The fourth-order valence-corrected chi connectivity index (χ4v) is 2.14. The SMILES string of the molecule is O=C1COc2cc(F)c(-n3c(=O)cc(C(F)(F)F)[nH]c3=O)cc2N1. The van der Waals surface area contributed by atoms with Crippen molar-refractivity contribution in [2.45, 2.75) is 6.18 Å². The summed E-state index contributed by atoms with van der Waals surface area (Å²) < 4.78 is 57.0. The molecule has 24 heavy (non-hydrogen) atoms. The Bertz CT molecular complexity index is 930. The Hall–Kier alpha value is -3.11. The molecule has 2 N–H and O–H groups in total. The zero-order valence-electron chi connectivity index (χ0n) is 11.5. The molecule has 0 saturated carbocycles. The maximum atomic E-state index is 14.1. The second-order valence-corrected chi connectivity index (χ2v) is 4.80. The first-order chi connectivity index (χ1) is 11.2. The van der Waals surface area contributed by atoms with Gasteiger partial charge in [-0.15, -0.1) is 0 Å². The number of nitrogens with zero attached hydrogens (tertiary/aromatic N) is 1. The summed E-state index contributed by atoms with van der Waals surface area (Å²) >= 11 is 0. The van der Waals surface area contributed by atoms with Gasteiger partial charge in [0.15, 0.2) is 12.4 Å². The van der Waals surface area contributed by atoms with Gasteiger partial charge in [0.2, 0.25) is 0 Å². The lowest BCUT2D eigenvalue weighted by molar-refractivity contribution is -0.141. The number of ether oxygens (including phenoxy) is 1. The van der Waals surface area contributed by atoms with Crippen LogP contribution in [-0.4, -0.2) is 22.1 Å². The zero-order valence-corrected chi connectivity index (χ0v) is 11.5. The number of carbonyl (C=O) groups is 1. The van der Waals surface area contributed by atoms with Crippen molar-refractivity contribution >= 4 is 11.6 Å². The van der Waals surface area contributed by atoms with Crippen molar-refractivity contribution < 1.29 is 27.1 Å². The van der Waals surface area contributed by atoms with Gasteiger partial charge < -0.3 is 15.0 Å². The highest BCUT2D eigenvalue weighted by molar-refractivity contribution is 5.95. The molecular formula is C13H7F4N3O4. The van der Waals surface area contributed by atoms with Crippen molar-refractivity contribution in [1.29, 1.82) is 0 Å². The van der Waals surface area contributed by atoms with E-state index in [1.165, 1.54) is 4.98 Å². The molecule has 0 fully saturated rings. The van der Waals surface area contributed by atoms with Gasteiger partial charge in [-0.25, -0.2) is 13.8 Å². The lowest BCUT2D eigenvalue weighted by Gasteiger charge is -2.19. The molecular weight excluding hydrogens is 338 g/mol. The Labute approximate surface area is 129 Å². The summed E-state index contributed by atoms with van der Waals surface area (Å²) in [6.45, 7) is -0.341. The number of amides is 1. The average molecular weight is 345 g/mol. The number of benzene rings is 1. The smallest absolute Gasteiger partial charge is 0.431 e. The second kappa shape index (κ2) is 5.22. The molecule has 2 aromatic rings. The summed E-state index contributed by atoms with van der Waals surface area (Å²) in [6.07, 6.45) is -4.94. The molecule has 1 aliphatic rings. The monoisotopic (exact) mass is 345 g/mol. The van der Waals surface area contributed by atoms with E-state index < -0.39 is 40.5 Å². The summed E-state index contributed by atoms with van der Waals surface area (Å²) in [6, 6.07) is 1.87. The summed E-state index contributed by atoms with van der Waals surface area (Å²) in [5.74, 6) is -1.67. The molecule has 0 aliphatic carbocycles. The van der Waals surface area contributed by atoms with Crippen LogP contribution in [0, 0.1) is 5.82 Å². The molecule has 0 atom stereocenters. The molecule has 7 nitrogen and oxygen atoms in total. The number of alkyl halides is 3. The van der Waals surface area contributed by atoms with Crippen molar-refractivity contribution in [1.82, 2.24) is 9.55 Å². The summed E-state index contributed by atoms with van der Waals surface area (Å²) in [5.41, 5.74) is -5.05. The number of aromatic nitrogens is 2. The molecule has 0 saturated heterocycles. The zero-order chi connectivity index (χ0) is 17.6. The van der Waals surface area contributed by atoms with Crippen LogP contribution in [0.3, 0.4) is 0 Å². The minimum atomic E-state index is -4.94. The molecule has 0 spiro atoms. The first kappa shape index (κ1) is 15.8. The number of H-pyrrole nitrogens is 1. The van der Waals surface area contributed by atoms with Gasteiger partial charge in [-0.1, -0.05) is 0 Å². The van der Waals surface area contributed by atoms with Crippen LogP contribution in [0.4, 0.5) is 23.2 Å². The average Bonchev–Trinajstić information content (AvgIpc) is 2.46. The van der Waals surface area contributed by atoms with Gasteiger partial charge in [-0.05, 0) is 6.07 Å². The van der Waals surface area contributed by atoms with Gasteiger partial charge in [-0.2, -0.15) is 13.2 Å². The van der Waals surface area contributed by atoms with Gasteiger partial charge in [0, 0.05) is 12.1 Å². The lowest BCUT2D eigenvalue weighted by atomic mass is 10.2. The topological polar surface area (TPSA) is 93.2 Å². The molecule has 0 unspecified atom stereocenters. The van der Waals surface area contributed by atoms with E-state index in [-0.39, 0.29) is 28.7 Å². The molecule has 1 aromatic carbocycles. The number of aromatic amines is 1. The molecule has 0 radical (unpaired) electrons. The summed E-state index contributed by atoms with van der Waals surface area (Å²) in [5, 5.41) is 2.33. The van der Waals surface area contributed by atoms with Crippen molar-refractivity contribution in [3.05, 3.63) is 50.5 Å². The minimum Gasteiger partial charge on any atom is -0.481 e. The Morgan fingerprint density at radius 2 is 1.83 bits per heavy atom. The molecule has 11 heteroatoms. The number of fused-ring (bicyclic) bond motifs is 1. The third-order valence-electron chi connectivity index (χ3n) is 3.16. The van der Waals surface area contributed by atoms with E-state index in [2.05, 4.69) is 5.32 Å². The van der Waals surface area contributed by atoms with E-state index in [4.69, 9.17) is 4.74 Å². The third-order valence-corrected chi connectivity index (χ3v) is 3.16. The largest absolute Gasteiger partial charge is 0.481 e. The number of anilines is 1. The fraction of sp³-hybridized carbons (Fsp3) is 0.154. The van der Waals surface area contributed by atoms with E-state index in [1.807, 2.05) is 0 Å². The van der Waals surface area contributed by atoms with Crippen LogP contribution in [-0.2, 0) is 11.0 Å². The van der Waals surface area contributed by atoms with Gasteiger partial charge in [0.25, 0.3) is 11.5 Å². The van der Waals surface area contributed by atoms with Crippen LogP contribution in [0.15, 0.2) is 27.8 Å². The van der Waals surface area contributed by atoms with Gasteiger partial charge in [0.1, 0.15) is 11.4 Å². The number of nitrogens with one attached hydrogen (secondary N) is 2. The van der Waals surface area contributed by atoms with Crippen molar-refractivity contribution in [3.8, 4) is 11.4 Å². The molecule has 2 heterocycles. The van der Waals surface area contributed by atoms with Crippen LogP contribution in [0.2, 0.25) is 0 Å². The Kier molecular flexibility index (Phi) is 3.43. The van der Waals surface area contributed by atoms with Crippen molar-refractivity contribution in [3.63, 3.8) is 0 Å². The predicted octanol–water partition coefficient (Wildman–Crippen LogP) is 1.01. The number of halogens is 4. The van der Waals surface area contributed by atoms with E-state index in [1.54, 1.807) is 0 Å². The fourth-order valence-electron chi connectivity index (χ4n) is 2.14. The molecule has 126 valence electrons. The molecule has 1 aliphatic heterocycles. The van der Waals surface area contributed by atoms with E-state index in [0.717, 1.165) is 12.1 Å². The molecule has 1 amide bonds. The van der Waals surface area contributed by atoms with E-state index in [0.29, 0.717) is 0 Å². The maximum Gasteiger partial charge on any atom is 0.431 e. The van der Waals surface area contributed by atoms with Crippen LogP contribution in [0.1, 0.15) is 5.69 Å². The van der Waals surface area contributed by atoms with Crippen molar-refractivity contribution in [2.75, 3.05) is 11.9 Å². The van der Waals surface area contributed by atoms with Gasteiger partial charge >= 0.3 is 11.9 Å². The van der Waals surface area contributed by atoms with Crippen LogP contribution < -0.4 is 21.3 Å². The maximum absolute atomic E-state index is 14.1. The summed E-state index contributed by atoms with van der Waals surface area (Å²) in [7, 11) is 0. The molecule has 3 rings (SSSR count). The van der Waals surface area contributed by atoms with Crippen LogP contribution in [0.5, 0.6) is 5.75 Å². The molecule has 0 bridgehead atoms. The van der Waals surface area contributed by atoms with Gasteiger partial charge in [-0.3, -0.25) is 9.59 Å². The lowest BCUT2D eigenvalue weighted by Crippen LogP contribution is -2.36. The van der Waals surface area contributed by atoms with E-state index in [9.17, 15) is 31.9 Å². The minimum absolute atomic E-state index is 0.0196. The highest BCUT2D eigenvalue weighted by atomic mass is 19.4.